The van der Waals surface area contributed by atoms with E-state index in [0.29, 0.717) is 19.5 Å². The first-order chi connectivity index (χ1) is 16.9. The lowest BCUT2D eigenvalue weighted by molar-refractivity contribution is -0.130. The van der Waals surface area contributed by atoms with Gasteiger partial charge in [0.15, 0.2) is 5.78 Å². The molecule has 35 heavy (non-hydrogen) atoms. The van der Waals surface area contributed by atoms with Gasteiger partial charge in [0.05, 0.1) is 24.0 Å². The number of hydrogen-bond acceptors (Lipinski definition) is 6. The Hall–Kier alpha value is -3.35. The second-order valence-corrected chi connectivity index (χ2v) is 10.6. The number of rotatable bonds is 4. The first-order valence-electron chi connectivity index (χ1n) is 12.7. The third kappa shape index (κ3) is 4.64. The minimum atomic E-state index is -0.122. The highest BCUT2D eigenvalue weighted by atomic mass is 16.2. The van der Waals surface area contributed by atoms with Gasteiger partial charge in [-0.3, -0.25) is 9.59 Å². The van der Waals surface area contributed by atoms with Crippen LogP contribution in [-0.4, -0.2) is 60.3 Å². The Morgan fingerprint density at radius 2 is 1.80 bits per heavy atom. The highest BCUT2D eigenvalue weighted by molar-refractivity contribution is 6.01. The van der Waals surface area contributed by atoms with Crippen LogP contribution < -0.4 is 15.1 Å². The van der Waals surface area contributed by atoms with Crippen molar-refractivity contribution in [3.05, 3.63) is 59.9 Å². The first-order valence-corrected chi connectivity index (χ1v) is 12.7. The summed E-state index contributed by atoms with van der Waals surface area (Å²) in [5, 5.41) is 3.60. The van der Waals surface area contributed by atoms with Gasteiger partial charge in [0.2, 0.25) is 5.91 Å². The number of nitrogens with one attached hydrogen (secondary N) is 1. The fraction of sp³-hybridized carbons (Fsp3) is 0.464. The van der Waals surface area contributed by atoms with Crippen LogP contribution in [0.3, 0.4) is 0 Å². The number of amides is 1. The monoisotopic (exact) mass is 473 g/mol. The van der Waals surface area contributed by atoms with E-state index >= 15 is 0 Å². The summed E-state index contributed by atoms with van der Waals surface area (Å²) in [6.07, 6.45) is 3.94. The molecule has 3 aliphatic rings. The fourth-order valence-electron chi connectivity index (χ4n) is 5.74. The number of hydrogen-bond donors (Lipinski definition) is 1. The number of para-hydroxylation sites is 2. The average molecular weight is 474 g/mol. The van der Waals surface area contributed by atoms with E-state index in [-0.39, 0.29) is 29.7 Å². The van der Waals surface area contributed by atoms with Crippen LogP contribution in [0.4, 0.5) is 17.2 Å². The van der Waals surface area contributed by atoms with E-state index in [9.17, 15) is 9.59 Å². The van der Waals surface area contributed by atoms with Crippen molar-refractivity contribution in [3.63, 3.8) is 0 Å². The molecule has 7 nitrogen and oxygen atoms in total. The number of benzene rings is 1. The lowest BCUT2D eigenvalue weighted by Crippen LogP contribution is -2.53. The molecule has 5 rings (SSSR count). The Balaban J connectivity index is 1.39. The van der Waals surface area contributed by atoms with Crippen molar-refractivity contribution in [2.24, 2.45) is 5.41 Å². The van der Waals surface area contributed by atoms with E-state index in [1.807, 2.05) is 41.3 Å². The Bertz CT molecular complexity index is 1140. The molecule has 7 heteroatoms. The van der Waals surface area contributed by atoms with E-state index in [2.05, 4.69) is 46.9 Å². The Morgan fingerprint density at radius 3 is 2.51 bits per heavy atom. The van der Waals surface area contributed by atoms with Crippen molar-refractivity contribution in [1.82, 2.24) is 9.88 Å². The molecule has 1 unspecified atom stereocenters. The molecule has 1 aromatic carbocycles. The number of anilines is 3. The number of carbonyl (C=O) groups is 2. The Labute approximate surface area is 207 Å². The van der Waals surface area contributed by atoms with E-state index in [1.54, 1.807) is 6.20 Å². The van der Waals surface area contributed by atoms with Crippen LogP contribution in [0.2, 0.25) is 0 Å². The van der Waals surface area contributed by atoms with E-state index in [1.165, 1.54) is 0 Å². The second kappa shape index (κ2) is 9.36. The van der Waals surface area contributed by atoms with Crippen LogP contribution in [0.5, 0.6) is 0 Å². The van der Waals surface area contributed by atoms with Gasteiger partial charge in [-0.05, 0) is 42.5 Å². The smallest absolute Gasteiger partial charge is 0.242 e. The molecule has 1 atom stereocenters. The molecule has 184 valence electrons. The van der Waals surface area contributed by atoms with Gasteiger partial charge in [-0.2, -0.15) is 0 Å². The molecule has 2 aliphatic heterocycles. The number of ketones is 1. The van der Waals surface area contributed by atoms with Crippen molar-refractivity contribution >= 4 is 28.9 Å². The predicted molar refractivity (Wildman–Crippen MR) is 140 cm³/mol. The zero-order chi connectivity index (χ0) is 24.6. The molecule has 0 radical (unpaired) electrons. The van der Waals surface area contributed by atoms with E-state index < -0.39 is 0 Å². The molecule has 0 spiro atoms. The van der Waals surface area contributed by atoms with Crippen LogP contribution in [0, 0.1) is 5.41 Å². The first kappa shape index (κ1) is 23.4. The topological polar surface area (TPSA) is 68.8 Å². The molecular weight excluding hydrogens is 438 g/mol. The summed E-state index contributed by atoms with van der Waals surface area (Å²) in [7, 11) is 0. The number of Topliss-reactive ketones (excluding diaryl/α,β-unsaturated/α-hetero) is 1. The van der Waals surface area contributed by atoms with Gasteiger partial charge >= 0.3 is 0 Å². The Morgan fingerprint density at radius 1 is 1.06 bits per heavy atom. The molecule has 3 heterocycles. The van der Waals surface area contributed by atoms with Gasteiger partial charge in [-0.25, -0.2) is 4.98 Å². The summed E-state index contributed by atoms with van der Waals surface area (Å²) in [6, 6.07) is 13.9. The zero-order valence-corrected chi connectivity index (χ0v) is 21.0. The second-order valence-electron chi connectivity index (χ2n) is 10.6. The lowest BCUT2D eigenvalue weighted by atomic mass is 9.74. The minimum Gasteiger partial charge on any atom is -0.357 e. The van der Waals surface area contributed by atoms with Crippen LogP contribution >= 0.6 is 0 Å². The molecule has 1 saturated heterocycles. The van der Waals surface area contributed by atoms with E-state index in [0.717, 1.165) is 54.4 Å². The van der Waals surface area contributed by atoms with Gasteiger partial charge in [-0.15, -0.1) is 0 Å². The van der Waals surface area contributed by atoms with Crippen molar-refractivity contribution in [1.29, 1.82) is 0 Å². The summed E-state index contributed by atoms with van der Waals surface area (Å²) < 4.78 is 0. The highest BCUT2D eigenvalue weighted by Gasteiger charge is 2.40. The third-order valence-corrected chi connectivity index (χ3v) is 7.43. The summed E-state index contributed by atoms with van der Waals surface area (Å²) in [4.78, 5) is 37.7. The summed E-state index contributed by atoms with van der Waals surface area (Å²) in [5.74, 6) is 1.26. The molecule has 0 bridgehead atoms. The maximum Gasteiger partial charge on any atom is 0.242 e. The molecular formula is C28H35N5O2. The van der Waals surface area contributed by atoms with Crippen molar-refractivity contribution in [3.8, 4) is 0 Å². The van der Waals surface area contributed by atoms with Crippen molar-refractivity contribution < 1.29 is 9.59 Å². The lowest BCUT2D eigenvalue weighted by Gasteiger charge is -2.39. The van der Waals surface area contributed by atoms with Crippen molar-refractivity contribution in [2.45, 2.75) is 46.1 Å². The molecule has 1 amide bonds. The SMILES string of the molecule is CCC1C2=C(CC(C)(C)CC2=O)Nc2ccccc2N1CC(=O)N1CCN(c2ccccn2)CC1. The quantitative estimate of drug-likeness (QED) is 0.722. The fourth-order valence-corrected chi connectivity index (χ4v) is 5.74. The number of piperazine rings is 1. The number of aromatic nitrogens is 1. The maximum atomic E-state index is 13.6. The molecule has 2 aromatic rings. The van der Waals surface area contributed by atoms with Gasteiger partial charge in [-0.1, -0.05) is 39.0 Å². The standard InChI is InChI=1S/C28H35N5O2/c1-4-22-27-21(17-28(2,3)18-24(27)34)30-20-9-5-6-10-23(20)33(22)19-26(35)32-15-13-31(14-16-32)25-11-7-8-12-29-25/h5-12,22,30H,4,13-19H2,1-3H3. The number of nitrogens with zero attached hydrogens (tertiary/aromatic N) is 4. The molecule has 0 saturated carbocycles. The van der Waals surface area contributed by atoms with Gasteiger partial charge in [0.1, 0.15) is 5.82 Å². The van der Waals surface area contributed by atoms with Crippen LogP contribution in [0.25, 0.3) is 0 Å². The third-order valence-electron chi connectivity index (χ3n) is 7.43. The molecule has 1 aliphatic carbocycles. The van der Waals surface area contributed by atoms with E-state index in [4.69, 9.17) is 0 Å². The van der Waals surface area contributed by atoms with Crippen LogP contribution in [0.15, 0.2) is 59.9 Å². The predicted octanol–water partition coefficient (Wildman–Crippen LogP) is 4.08. The zero-order valence-electron chi connectivity index (χ0n) is 21.0. The van der Waals surface area contributed by atoms with Gasteiger partial charge in [0, 0.05) is 50.1 Å². The Kier molecular flexibility index (Phi) is 6.26. The molecule has 1 N–H and O–H groups in total. The number of allylic oxidation sites excluding steroid dienone is 1. The molecule has 1 fully saturated rings. The largest absolute Gasteiger partial charge is 0.357 e. The number of fused-ring (bicyclic) bond motifs is 1. The average Bonchev–Trinajstić information content (AvgIpc) is 2.98. The maximum absolute atomic E-state index is 13.6. The number of pyridine rings is 1. The van der Waals surface area contributed by atoms with Crippen LogP contribution in [0.1, 0.15) is 40.0 Å². The summed E-state index contributed by atoms with van der Waals surface area (Å²) >= 11 is 0. The van der Waals surface area contributed by atoms with Gasteiger partial charge < -0.3 is 20.0 Å². The molecule has 1 aromatic heterocycles. The van der Waals surface area contributed by atoms with Crippen molar-refractivity contribution in [2.75, 3.05) is 47.8 Å². The highest BCUT2D eigenvalue weighted by Crippen LogP contribution is 2.44. The summed E-state index contributed by atoms with van der Waals surface area (Å²) in [6.45, 7) is 9.54. The van der Waals surface area contributed by atoms with Gasteiger partial charge in [0.25, 0.3) is 0 Å². The normalized spacial score (nSPS) is 21.7. The number of carbonyl (C=O) groups excluding carboxylic acids is 2. The minimum absolute atomic E-state index is 0.0750. The summed E-state index contributed by atoms with van der Waals surface area (Å²) in [5.41, 5.74) is 3.75. The van der Waals surface area contributed by atoms with Crippen LogP contribution in [-0.2, 0) is 9.59 Å².